The lowest BCUT2D eigenvalue weighted by Gasteiger charge is -2.08. The quantitative estimate of drug-likeness (QED) is 0.654. The predicted octanol–water partition coefficient (Wildman–Crippen LogP) is 2.74. The maximum atomic E-state index is 11.4. The Balaban J connectivity index is 2.01. The molecule has 3 aromatic rings. The van der Waals surface area contributed by atoms with Crippen molar-refractivity contribution in [3.63, 3.8) is 0 Å². The van der Waals surface area contributed by atoms with Crippen LogP contribution >= 0.6 is 22.9 Å². The number of pyridine rings is 2. The molecule has 0 aromatic carbocycles. The number of anilines is 2. The Morgan fingerprint density at radius 2 is 2.04 bits per heavy atom. The second-order valence-electron chi connectivity index (χ2n) is 5.16. The third kappa shape index (κ3) is 4.21. The van der Waals surface area contributed by atoms with E-state index in [0.29, 0.717) is 26.7 Å². The van der Waals surface area contributed by atoms with Crippen LogP contribution in [0.5, 0.6) is 0 Å². The monoisotopic (exact) mass is 397 g/mol. The second kappa shape index (κ2) is 6.54. The van der Waals surface area contributed by atoms with Crippen LogP contribution in [0.25, 0.3) is 21.6 Å². The second-order valence-corrected chi connectivity index (χ2v) is 8.24. The molecule has 0 saturated carbocycles. The molecule has 0 fully saturated rings. The molecule has 3 rings (SSSR count). The number of hydrogen-bond donors (Lipinski definition) is 2. The number of halogens is 1. The minimum absolute atomic E-state index is 0.0426. The normalized spacial score (nSPS) is 11.5. The van der Waals surface area contributed by atoms with Crippen molar-refractivity contribution in [1.82, 2.24) is 15.0 Å². The summed E-state index contributed by atoms with van der Waals surface area (Å²) < 4.78 is 25.1. The summed E-state index contributed by atoms with van der Waals surface area (Å²) in [5.41, 5.74) is 1.99. The number of sulfonamides is 1. The van der Waals surface area contributed by atoms with Crippen LogP contribution in [0.4, 0.5) is 10.8 Å². The van der Waals surface area contributed by atoms with Gasteiger partial charge in [0.2, 0.25) is 15.9 Å². The van der Waals surface area contributed by atoms with Crippen LogP contribution in [0.1, 0.15) is 6.92 Å². The molecule has 8 nitrogen and oxygen atoms in total. The van der Waals surface area contributed by atoms with Gasteiger partial charge in [-0.25, -0.2) is 23.4 Å². The summed E-state index contributed by atoms with van der Waals surface area (Å²) in [7, 11) is -3.48. The zero-order chi connectivity index (χ0) is 18.2. The van der Waals surface area contributed by atoms with Crippen molar-refractivity contribution in [2.24, 2.45) is 0 Å². The Morgan fingerprint density at radius 3 is 2.72 bits per heavy atom. The largest absolute Gasteiger partial charge is 0.302 e. The van der Waals surface area contributed by atoms with Crippen LogP contribution < -0.4 is 10.0 Å². The fraction of sp³-hybridized carbons (Fsp3) is 0.143. The van der Waals surface area contributed by atoms with E-state index in [0.717, 1.165) is 6.26 Å². The first-order valence-electron chi connectivity index (χ1n) is 6.90. The molecular formula is C14H12ClN5O3S2. The molecular weight excluding hydrogens is 386 g/mol. The summed E-state index contributed by atoms with van der Waals surface area (Å²) in [5, 5.41) is 3.12. The number of nitrogens with zero attached hydrogens (tertiary/aromatic N) is 3. The molecule has 3 heterocycles. The molecule has 0 radical (unpaired) electrons. The Morgan fingerprint density at radius 1 is 1.28 bits per heavy atom. The van der Waals surface area contributed by atoms with Crippen molar-refractivity contribution in [2.45, 2.75) is 6.92 Å². The lowest BCUT2D eigenvalue weighted by Crippen LogP contribution is -2.10. The molecule has 25 heavy (non-hydrogen) atoms. The minimum atomic E-state index is -3.48. The van der Waals surface area contributed by atoms with Gasteiger partial charge in [-0.15, -0.1) is 0 Å². The van der Waals surface area contributed by atoms with Gasteiger partial charge in [-0.05, 0) is 18.2 Å². The van der Waals surface area contributed by atoms with Gasteiger partial charge < -0.3 is 5.32 Å². The maximum Gasteiger partial charge on any atom is 0.229 e. The van der Waals surface area contributed by atoms with Crippen LogP contribution in [0.15, 0.2) is 24.4 Å². The molecule has 0 spiro atoms. The van der Waals surface area contributed by atoms with Crippen LogP contribution in [0.2, 0.25) is 5.15 Å². The number of thiazole rings is 1. The number of fused-ring (bicyclic) bond motifs is 1. The van der Waals surface area contributed by atoms with Crippen molar-refractivity contribution < 1.29 is 13.2 Å². The highest BCUT2D eigenvalue weighted by molar-refractivity contribution is 7.92. The topological polar surface area (TPSA) is 114 Å². The summed E-state index contributed by atoms with van der Waals surface area (Å²) in [6.07, 6.45) is 2.53. The lowest BCUT2D eigenvalue weighted by molar-refractivity contribution is -0.114. The molecule has 0 atom stereocenters. The molecule has 2 N–H and O–H groups in total. The highest BCUT2D eigenvalue weighted by Crippen LogP contribution is 2.30. The van der Waals surface area contributed by atoms with E-state index < -0.39 is 10.0 Å². The van der Waals surface area contributed by atoms with Gasteiger partial charge in [-0.2, -0.15) is 0 Å². The van der Waals surface area contributed by atoms with Gasteiger partial charge in [0.1, 0.15) is 10.3 Å². The van der Waals surface area contributed by atoms with Gasteiger partial charge in [0.15, 0.2) is 10.3 Å². The van der Waals surface area contributed by atoms with Crippen molar-refractivity contribution >= 4 is 60.0 Å². The lowest BCUT2D eigenvalue weighted by atomic mass is 10.2. The van der Waals surface area contributed by atoms with Crippen molar-refractivity contribution in [2.75, 3.05) is 16.3 Å². The Bertz CT molecular complexity index is 1080. The zero-order valence-electron chi connectivity index (χ0n) is 13.1. The van der Waals surface area contributed by atoms with E-state index in [9.17, 15) is 13.2 Å². The minimum Gasteiger partial charge on any atom is -0.302 e. The average molecular weight is 398 g/mol. The third-order valence-electron chi connectivity index (χ3n) is 2.97. The summed E-state index contributed by atoms with van der Waals surface area (Å²) in [6, 6.07) is 5.05. The van der Waals surface area contributed by atoms with Crippen LogP contribution in [-0.4, -0.2) is 35.5 Å². The first-order chi connectivity index (χ1) is 11.7. The number of rotatable bonds is 4. The third-order valence-corrected chi connectivity index (χ3v) is 4.74. The van der Waals surface area contributed by atoms with Gasteiger partial charge in [0.05, 0.1) is 17.6 Å². The number of nitrogens with one attached hydrogen (secondary N) is 2. The van der Waals surface area contributed by atoms with Crippen molar-refractivity contribution in [3.05, 3.63) is 29.5 Å². The van der Waals surface area contributed by atoms with E-state index in [-0.39, 0.29) is 16.7 Å². The Hall–Kier alpha value is -2.30. The van der Waals surface area contributed by atoms with Gasteiger partial charge in [-0.1, -0.05) is 22.9 Å². The molecule has 0 unspecified atom stereocenters. The van der Waals surface area contributed by atoms with Gasteiger partial charge in [-0.3, -0.25) is 9.52 Å². The van der Waals surface area contributed by atoms with E-state index in [2.05, 4.69) is 25.0 Å². The molecule has 130 valence electrons. The van der Waals surface area contributed by atoms with E-state index in [1.54, 1.807) is 18.2 Å². The molecule has 0 aliphatic heterocycles. The van der Waals surface area contributed by atoms with Crippen molar-refractivity contribution in [1.29, 1.82) is 0 Å². The molecule has 0 aliphatic carbocycles. The first kappa shape index (κ1) is 17.5. The fourth-order valence-electron chi connectivity index (χ4n) is 2.04. The number of carbonyl (C=O) groups is 1. The first-order valence-corrected chi connectivity index (χ1v) is 9.99. The summed E-state index contributed by atoms with van der Waals surface area (Å²) in [4.78, 5) is 24.5. The standard InChI is InChI=1S/C14H12ClN5O3S2/c1-7(21)17-14-19-10-4-3-9(18-13(10)24-14)8-5-11(12(15)16-6-8)20-25(2,22)23/h3-6,20H,1-2H3,(H,17,19,21). The Labute approximate surface area is 152 Å². The summed E-state index contributed by atoms with van der Waals surface area (Å²) in [5.74, 6) is -0.210. The van der Waals surface area contributed by atoms with Gasteiger partial charge in [0.25, 0.3) is 0 Å². The number of carbonyl (C=O) groups excluding carboxylic acids is 1. The van der Waals surface area contributed by atoms with E-state index in [1.165, 1.54) is 24.5 Å². The van der Waals surface area contributed by atoms with Gasteiger partial charge >= 0.3 is 0 Å². The summed E-state index contributed by atoms with van der Waals surface area (Å²) in [6.45, 7) is 1.40. The molecule has 0 bridgehead atoms. The number of hydrogen-bond acceptors (Lipinski definition) is 7. The van der Waals surface area contributed by atoms with Gasteiger partial charge in [0, 0.05) is 18.7 Å². The fourth-order valence-corrected chi connectivity index (χ4v) is 3.69. The number of aromatic nitrogens is 3. The zero-order valence-corrected chi connectivity index (χ0v) is 15.5. The predicted molar refractivity (Wildman–Crippen MR) is 98.4 cm³/mol. The average Bonchev–Trinajstić information content (AvgIpc) is 2.88. The molecule has 0 aliphatic rings. The summed E-state index contributed by atoms with van der Waals surface area (Å²) >= 11 is 7.17. The van der Waals surface area contributed by atoms with E-state index in [4.69, 9.17) is 11.6 Å². The maximum absolute atomic E-state index is 11.4. The Kier molecular flexibility index (Phi) is 4.58. The molecule has 1 amide bonds. The molecule has 3 aromatic heterocycles. The van der Waals surface area contributed by atoms with E-state index in [1.807, 2.05) is 0 Å². The van der Waals surface area contributed by atoms with Crippen LogP contribution in [0.3, 0.4) is 0 Å². The SMILES string of the molecule is CC(=O)Nc1nc2ccc(-c3cnc(Cl)c(NS(C)(=O)=O)c3)nc2s1. The smallest absolute Gasteiger partial charge is 0.229 e. The van der Waals surface area contributed by atoms with E-state index >= 15 is 0 Å². The molecule has 0 saturated heterocycles. The highest BCUT2D eigenvalue weighted by Gasteiger charge is 2.12. The van der Waals surface area contributed by atoms with Crippen LogP contribution in [0, 0.1) is 0 Å². The highest BCUT2D eigenvalue weighted by atomic mass is 35.5. The molecule has 11 heteroatoms. The van der Waals surface area contributed by atoms with Crippen LogP contribution in [-0.2, 0) is 14.8 Å². The van der Waals surface area contributed by atoms with Crippen molar-refractivity contribution in [3.8, 4) is 11.3 Å². The number of amides is 1.